The molecule has 1 aromatic heterocycles. The summed E-state index contributed by atoms with van der Waals surface area (Å²) >= 11 is 7.74. The number of carbonyl (C=O) groups is 1. The van der Waals surface area contributed by atoms with Gasteiger partial charge < -0.3 is 15.5 Å². The van der Waals surface area contributed by atoms with Crippen LogP contribution in [0.1, 0.15) is 28.6 Å². The Bertz CT molecular complexity index is 1120. The van der Waals surface area contributed by atoms with Crippen LogP contribution in [0.5, 0.6) is 5.75 Å². The quantitative estimate of drug-likeness (QED) is 0.627. The fraction of sp³-hybridized carbons (Fsp3) is 0.286. The molecular formula is C21H22ClN5O2S. The summed E-state index contributed by atoms with van der Waals surface area (Å²) in [6.45, 7) is 5.83. The molecule has 30 heavy (non-hydrogen) atoms. The maximum atomic E-state index is 13.4. The van der Waals surface area contributed by atoms with Crippen LogP contribution < -0.4 is 15.5 Å². The number of benzene rings is 2. The summed E-state index contributed by atoms with van der Waals surface area (Å²) in [6, 6.07) is 11.2. The van der Waals surface area contributed by atoms with Crippen molar-refractivity contribution in [3.8, 4) is 5.75 Å². The Labute approximate surface area is 184 Å². The molecule has 4 rings (SSSR count). The lowest BCUT2D eigenvalue weighted by molar-refractivity contribution is -0.116. The number of ether oxygens (including phenoxy) is 1. The van der Waals surface area contributed by atoms with Gasteiger partial charge in [-0.3, -0.25) is 4.79 Å². The molecule has 2 heterocycles. The zero-order chi connectivity index (χ0) is 21.4. The van der Waals surface area contributed by atoms with Crippen molar-refractivity contribution in [2.24, 2.45) is 0 Å². The van der Waals surface area contributed by atoms with E-state index in [1.54, 1.807) is 17.9 Å². The first-order valence-corrected chi connectivity index (χ1v) is 10.7. The van der Waals surface area contributed by atoms with Crippen molar-refractivity contribution in [1.29, 1.82) is 0 Å². The minimum atomic E-state index is -0.481. The molecule has 0 spiro atoms. The number of halogens is 1. The monoisotopic (exact) mass is 443 g/mol. The van der Waals surface area contributed by atoms with Crippen LogP contribution in [-0.4, -0.2) is 33.1 Å². The fourth-order valence-electron chi connectivity index (χ4n) is 3.36. The third-order valence-electron chi connectivity index (χ3n) is 5.04. The smallest absolute Gasteiger partial charge is 0.240 e. The van der Waals surface area contributed by atoms with E-state index in [-0.39, 0.29) is 11.9 Å². The highest BCUT2D eigenvalue weighted by atomic mass is 35.5. The number of carbonyl (C=O) groups excluding carboxylic acids is 1. The third kappa shape index (κ3) is 3.85. The van der Waals surface area contributed by atoms with E-state index in [1.165, 1.54) is 11.8 Å². The van der Waals surface area contributed by atoms with Crippen molar-refractivity contribution < 1.29 is 9.53 Å². The molecule has 0 saturated carbocycles. The molecule has 9 heteroatoms. The highest BCUT2D eigenvalue weighted by Gasteiger charge is 2.37. The Balaban J connectivity index is 1.70. The van der Waals surface area contributed by atoms with Crippen molar-refractivity contribution in [2.45, 2.75) is 37.2 Å². The van der Waals surface area contributed by atoms with Gasteiger partial charge in [-0.25, -0.2) is 4.68 Å². The summed E-state index contributed by atoms with van der Waals surface area (Å²) in [7, 11) is 1.57. The van der Waals surface area contributed by atoms with Gasteiger partial charge in [0.2, 0.25) is 11.1 Å². The first-order valence-electron chi connectivity index (χ1n) is 9.44. The van der Waals surface area contributed by atoms with Gasteiger partial charge in [-0.15, -0.1) is 10.2 Å². The number of hydrogen-bond acceptors (Lipinski definition) is 6. The summed E-state index contributed by atoms with van der Waals surface area (Å²) in [5.74, 6) is 1.18. The van der Waals surface area contributed by atoms with Crippen LogP contribution in [0.25, 0.3) is 0 Å². The molecule has 156 valence electrons. The van der Waals surface area contributed by atoms with E-state index in [1.807, 2.05) is 51.1 Å². The van der Waals surface area contributed by atoms with E-state index < -0.39 is 5.25 Å². The lowest BCUT2D eigenvalue weighted by Gasteiger charge is -2.33. The summed E-state index contributed by atoms with van der Waals surface area (Å²) in [5, 5.41) is 12.0. The van der Waals surface area contributed by atoms with Crippen LogP contribution in [0.4, 0.5) is 5.69 Å². The Hall–Kier alpha value is -2.71. The Morgan fingerprint density at radius 1 is 1.20 bits per heavy atom. The average molecular weight is 444 g/mol. The average Bonchev–Trinajstić information content (AvgIpc) is 3.09. The molecule has 0 unspecified atom stereocenters. The predicted octanol–water partition coefficient (Wildman–Crippen LogP) is 4.26. The van der Waals surface area contributed by atoms with Gasteiger partial charge in [0.1, 0.15) is 16.8 Å². The second-order valence-electron chi connectivity index (χ2n) is 7.21. The molecule has 3 aromatic rings. The van der Waals surface area contributed by atoms with E-state index in [0.717, 1.165) is 28.2 Å². The molecular weight excluding hydrogens is 422 g/mol. The third-order valence-corrected chi connectivity index (χ3v) is 6.55. The molecule has 2 atom stereocenters. The number of thioether (sulfide) groups is 1. The Morgan fingerprint density at radius 2 is 2.00 bits per heavy atom. The summed E-state index contributed by atoms with van der Waals surface area (Å²) < 4.78 is 7.07. The van der Waals surface area contributed by atoms with Crippen LogP contribution in [0.3, 0.4) is 0 Å². The number of nitrogens with zero attached hydrogens (tertiary/aromatic N) is 3. The minimum absolute atomic E-state index is 0.120. The van der Waals surface area contributed by atoms with E-state index in [9.17, 15) is 4.79 Å². The van der Waals surface area contributed by atoms with E-state index in [0.29, 0.717) is 15.9 Å². The number of methoxy groups -OCH3 is 1. The fourth-order valence-corrected chi connectivity index (χ4v) is 4.75. The molecule has 0 aliphatic carbocycles. The molecule has 2 aromatic carbocycles. The van der Waals surface area contributed by atoms with Crippen LogP contribution in [0.15, 0.2) is 41.6 Å². The van der Waals surface area contributed by atoms with Gasteiger partial charge in [-0.05, 0) is 55.7 Å². The second kappa shape index (κ2) is 8.20. The number of amides is 1. The molecule has 1 aliphatic rings. The van der Waals surface area contributed by atoms with Gasteiger partial charge in [0.25, 0.3) is 0 Å². The lowest BCUT2D eigenvalue weighted by Crippen LogP contribution is -2.41. The van der Waals surface area contributed by atoms with Gasteiger partial charge in [0.15, 0.2) is 0 Å². The molecule has 0 saturated heterocycles. The maximum Gasteiger partial charge on any atom is 0.240 e. The standard InChI is InChI=1S/C21H22ClN5O2S/c1-11-5-6-12(2)16(9-11)23-20(28)19-18(14-7-8-17(29-4)15(22)10-14)26-27-13(3)24-25-21(27)30-19/h5-10,18-19,26H,1-4H3,(H,23,28)/t18-,19-/m1/s1. The zero-order valence-corrected chi connectivity index (χ0v) is 18.6. The van der Waals surface area contributed by atoms with Crippen molar-refractivity contribution in [1.82, 2.24) is 14.9 Å². The van der Waals surface area contributed by atoms with Gasteiger partial charge in [0, 0.05) is 5.69 Å². The van der Waals surface area contributed by atoms with Crippen LogP contribution in [-0.2, 0) is 4.79 Å². The number of aryl methyl sites for hydroxylation is 3. The van der Waals surface area contributed by atoms with Crippen LogP contribution in [0.2, 0.25) is 5.02 Å². The maximum absolute atomic E-state index is 13.4. The molecule has 7 nitrogen and oxygen atoms in total. The lowest BCUT2D eigenvalue weighted by atomic mass is 10.0. The zero-order valence-electron chi connectivity index (χ0n) is 17.1. The summed E-state index contributed by atoms with van der Waals surface area (Å²) in [5.41, 5.74) is 7.14. The normalized spacial score (nSPS) is 17.8. The van der Waals surface area contributed by atoms with Gasteiger partial charge in [-0.2, -0.15) is 0 Å². The van der Waals surface area contributed by atoms with Gasteiger partial charge in [0.05, 0.1) is 18.2 Å². The van der Waals surface area contributed by atoms with E-state index in [2.05, 4.69) is 20.9 Å². The van der Waals surface area contributed by atoms with E-state index >= 15 is 0 Å². The van der Waals surface area contributed by atoms with Gasteiger partial charge in [-0.1, -0.05) is 41.6 Å². The second-order valence-corrected chi connectivity index (χ2v) is 8.73. The SMILES string of the molecule is COc1ccc([C@H]2Nn3c(C)nnc3S[C@H]2C(=O)Nc2cc(C)ccc2C)cc1Cl. The highest BCUT2D eigenvalue weighted by Crippen LogP contribution is 2.39. The Kier molecular flexibility index (Phi) is 5.62. The van der Waals surface area contributed by atoms with Gasteiger partial charge >= 0.3 is 0 Å². The Morgan fingerprint density at radius 3 is 2.73 bits per heavy atom. The highest BCUT2D eigenvalue weighted by molar-refractivity contribution is 8.00. The van der Waals surface area contributed by atoms with Crippen molar-refractivity contribution >= 4 is 35.0 Å². The predicted molar refractivity (Wildman–Crippen MR) is 119 cm³/mol. The van der Waals surface area contributed by atoms with Crippen LogP contribution >= 0.6 is 23.4 Å². The molecule has 0 radical (unpaired) electrons. The molecule has 1 aliphatic heterocycles. The molecule has 1 amide bonds. The molecule has 2 N–H and O–H groups in total. The van der Waals surface area contributed by atoms with Crippen LogP contribution in [0, 0.1) is 20.8 Å². The molecule has 0 fully saturated rings. The number of fused-ring (bicyclic) bond motifs is 1. The number of hydrogen-bond donors (Lipinski definition) is 2. The van der Waals surface area contributed by atoms with Crippen molar-refractivity contribution in [2.75, 3.05) is 17.9 Å². The minimum Gasteiger partial charge on any atom is -0.495 e. The number of nitrogens with one attached hydrogen (secondary N) is 2. The van der Waals surface area contributed by atoms with Crippen molar-refractivity contribution in [3.63, 3.8) is 0 Å². The van der Waals surface area contributed by atoms with Crippen molar-refractivity contribution in [3.05, 3.63) is 63.9 Å². The summed E-state index contributed by atoms with van der Waals surface area (Å²) in [4.78, 5) is 13.4. The number of rotatable bonds is 4. The van der Waals surface area contributed by atoms with E-state index in [4.69, 9.17) is 16.3 Å². The largest absolute Gasteiger partial charge is 0.495 e. The topological polar surface area (TPSA) is 81.1 Å². The number of aromatic nitrogens is 3. The number of anilines is 1. The first kappa shape index (κ1) is 20.6. The summed E-state index contributed by atoms with van der Waals surface area (Å²) in [6.07, 6.45) is 0. The molecule has 0 bridgehead atoms. The first-order chi connectivity index (χ1) is 14.4.